The van der Waals surface area contributed by atoms with Crippen molar-refractivity contribution in [3.05, 3.63) is 29.8 Å². The van der Waals surface area contributed by atoms with Crippen molar-refractivity contribution in [3.63, 3.8) is 0 Å². The first-order valence-electron chi connectivity index (χ1n) is 11.1. The van der Waals surface area contributed by atoms with E-state index in [9.17, 15) is 14.7 Å². The van der Waals surface area contributed by atoms with Crippen molar-refractivity contribution < 1.29 is 33.6 Å². The summed E-state index contributed by atoms with van der Waals surface area (Å²) in [5.41, 5.74) is 0.849. The molecule has 8 heteroatoms. The molecule has 0 bridgehead atoms. The summed E-state index contributed by atoms with van der Waals surface area (Å²) in [7, 11) is 0. The molecule has 0 aliphatic heterocycles. The van der Waals surface area contributed by atoms with Gasteiger partial charge in [-0.05, 0) is 38.0 Å². The molecule has 0 fully saturated rings. The number of carboxylic acid groups (broad SMARTS) is 1. The van der Waals surface area contributed by atoms with E-state index in [2.05, 4.69) is 6.92 Å². The average Bonchev–Trinajstić information content (AvgIpc) is 2.75. The molecule has 176 valence electrons. The van der Waals surface area contributed by atoms with Crippen molar-refractivity contribution in [2.24, 2.45) is 0 Å². The van der Waals surface area contributed by atoms with Gasteiger partial charge in [0.25, 0.3) is 0 Å². The Morgan fingerprint density at radius 1 is 0.968 bits per heavy atom. The molecular weight excluding hydrogens is 402 g/mol. The molecule has 1 unspecified atom stereocenters. The molecule has 1 amide bonds. The molecule has 0 heterocycles. The number of hydrogen-bond donors (Lipinski definition) is 1. The van der Waals surface area contributed by atoms with E-state index in [-0.39, 0.29) is 6.09 Å². The zero-order valence-corrected chi connectivity index (χ0v) is 19.0. The molecule has 0 radical (unpaired) electrons. The lowest BCUT2D eigenvalue weighted by molar-refractivity contribution is -0.149. The fourth-order valence-corrected chi connectivity index (χ4v) is 2.87. The van der Waals surface area contributed by atoms with E-state index in [4.69, 9.17) is 18.9 Å². The Bertz CT molecular complexity index is 621. The zero-order valence-electron chi connectivity index (χ0n) is 19.0. The van der Waals surface area contributed by atoms with E-state index in [1.165, 1.54) is 0 Å². The molecule has 0 saturated heterocycles. The molecule has 31 heavy (non-hydrogen) atoms. The number of benzene rings is 1. The summed E-state index contributed by atoms with van der Waals surface area (Å²) in [4.78, 5) is 24.9. The van der Waals surface area contributed by atoms with E-state index >= 15 is 0 Å². The van der Waals surface area contributed by atoms with Crippen molar-refractivity contribution in [3.8, 4) is 5.75 Å². The summed E-state index contributed by atoms with van der Waals surface area (Å²) < 4.78 is 21.7. The van der Waals surface area contributed by atoms with Crippen LogP contribution in [0.5, 0.6) is 5.75 Å². The van der Waals surface area contributed by atoms with Crippen LogP contribution in [0.25, 0.3) is 0 Å². The second-order valence-corrected chi connectivity index (χ2v) is 6.98. The van der Waals surface area contributed by atoms with Gasteiger partial charge in [-0.25, -0.2) is 9.59 Å². The zero-order chi connectivity index (χ0) is 22.9. The summed E-state index contributed by atoms with van der Waals surface area (Å²) in [6.07, 6.45) is 2.35. The Kier molecular flexibility index (Phi) is 14.1. The van der Waals surface area contributed by atoms with Crippen molar-refractivity contribution in [2.75, 3.05) is 46.1 Å². The normalized spacial score (nSPS) is 11.7. The quantitative estimate of drug-likeness (QED) is 0.369. The van der Waals surface area contributed by atoms with Crippen LogP contribution in [0.4, 0.5) is 4.79 Å². The number of carbonyl (C=O) groups excluding carboxylic acids is 1. The minimum Gasteiger partial charge on any atom is -0.492 e. The fourth-order valence-electron chi connectivity index (χ4n) is 2.87. The first-order valence-corrected chi connectivity index (χ1v) is 11.1. The lowest BCUT2D eigenvalue weighted by Crippen LogP contribution is -2.37. The third-order valence-corrected chi connectivity index (χ3v) is 4.54. The van der Waals surface area contributed by atoms with Gasteiger partial charge in [-0.3, -0.25) is 0 Å². The van der Waals surface area contributed by atoms with Crippen molar-refractivity contribution >= 4 is 12.1 Å². The summed E-state index contributed by atoms with van der Waals surface area (Å²) in [6.45, 7) is 8.63. The lowest BCUT2D eigenvalue weighted by Gasteiger charge is -2.22. The second kappa shape index (κ2) is 16.4. The number of rotatable bonds is 17. The van der Waals surface area contributed by atoms with Gasteiger partial charge >= 0.3 is 12.1 Å². The molecule has 0 spiro atoms. The molecule has 1 atom stereocenters. The molecule has 8 nitrogen and oxygen atoms in total. The van der Waals surface area contributed by atoms with E-state index in [1.807, 2.05) is 12.1 Å². The van der Waals surface area contributed by atoms with Crippen LogP contribution >= 0.6 is 0 Å². The first-order chi connectivity index (χ1) is 15.0. The van der Waals surface area contributed by atoms with Gasteiger partial charge in [0.15, 0.2) is 6.10 Å². The monoisotopic (exact) mass is 439 g/mol. The third-order valence-electron chi connectivity index (χ3n) is 4.54. The maximum atomic E-state index is 12.1. The highest BCUT2D eigenvalue weighted by Crippen LogP contribution is 2.15. The number of unbranched alkanes of at least 4 members (excludes halogenated alkanes) is 2. The summed E-state index contributed by atoms with van der Waals surface area (Å²) >= 11 is 0. The lowest BCUT2D eigenvalue weighted by atomic mass is 10.1. The van der Waals surface area contributed by atoms with Crippen LogP contribution in [0.1, 0.15) is 45.6 Å². The highest BCUT2D eigenvalue weighted by molar-refractivity contribution is 5.72. The van der Waals surface area contributed by atoms with Crippen LogP contribution in [0.3, 0.4) is 0 Å². The van der Waals surface area contributed by atoms with Gasteiger partial charge in [0, 0.05) is 26.2 Å². The smallest absolute Gasteiger partial charge is 0.409 e. The number of aliphatic carboxylic acids is 1. The van der Waals surface area contributed by atoms with Crippen molar-refractivity contribution in [2.45, 2.75) is 52.6 Å². The third kappa shape index (κ3) is 11.6. The number of nitrogens with zero attached hydrogens (tertiary/aromatic N) is 1. The molecule has 1 aromatic rings. The molecule has 1 N–H and O–H groups in total. The number of amides is 1. The van der Waals surface area contributed by atoms with Crippen LogP contribution < -0.4 is 4.74 Å². The Balaban J connectivity index is 2.46. The number of hydrogen-bond acceptors (Lipinski definition) is 6. The molecule has 0 aromatic heterocycles. The van der Waals surface area contributed by atoms with Gasteiger partial charge in [0.2, 0.25) is 0 Å². The largest absolute Gasteiger partial charge is 0.492 e. The maximum absolute atomic E-state index is 12.1. The molecule has 1 aromatic carbocycles. The van der Waals surface area contributed by atoms with E-state index < -0.39 is 12.1 Å². The number of ether oxygens (including phenoxy) is 4. The topological polar surface area (TPSA) is 94.5 Å². The van der Waals surface area contributed by atoms with Crippen molar-refractivity contribution in [1.82, 2.24) is 4.90 Å². The Morgan fingerprint density at radius 2 is 1.68 bits per heavy atom. The van der Waals surface area contributed by atoms with Gasteiger partial charge in [-0.15, -0.1) is 0 Å². The number of carbonyl (C=O) groups is 2. The van der Waals surface area contributed by atoms with Crippen molar-refractivity contribution in [1.29, 1.82) is 0 Å². The minimum atomic E-state index is -0.976. The van der Waals surface area contributed by atoms with Gasteiger partial charge in [0.1, 0.15) is 12.4 Å². The summed E-state index contributed by atoms with van der Waals surface area (Å²) in [5.74, 6) is -0.331. The molecular formula is C23H37NO7. The predicted molar refractivity (Wildman–Crippen MR) is 118 cm³/mol. The van der Waals surface area contributed by atoms with Crippen LogP contribution in [0, 0.1) is 0 Å². The van der Waals surface area contributed by atoms with Gasteiger partial charge < -0.3 is 29.0 Å². The Morgan fingerprint density at radius 3 is 2.29 bits per heavy atom. The minimum absolute atomic E-state index is 0.290. The van der Waals surface area contributed by atoms with Crippen LogP contribution in [0.15, 0.2) is 24.3 Å². The average molecular weight is 440 g/mol. The van der Waals surface area contributed by atoms with Gasteiger partial charge in [-0.1, -0.05) is 31.9 Å². The van der Waals surface area contributed by atoms with Gasteiger partial charge in [-0.2, -0.15) is 0 Å². The first kappa shape index (κ1) is 26.7. The maximum Gasteiger partial charge on any atom is 0.409 e. The Labute approximate surface area is 185 Å². The second-order valence-electron chi connectivity index (χ2n) is 6.98. The van der Waals surface area contributed by atoms with Crippen LogP contribution in [0.2, 0.25) is 0 Å². The highest BCUT2D eigenvalue weighted by atomic mass is 16.6. The summed E-state index contributed by atoms with van der Waals surface area (Å²) in [6, 6.07) is 7.20. The molecule has 1 rings (SSSR count). The summed E-state index contributed by atoms with van der Waals surface area (Å²) in [5, 5.41) is 9.19. The molecule has 0 aliphatic carbocycles. The van der Waals surface area contributed by atoms with E-state index in [0.717, 1.165) is 24.8 Å². The van der Waals surface area contributed by atoms with E-state index in [0.29, 0.717) is 58.3 Å². The fraction of sp³-hybridized carbons (Fsp3) is 0.652. The predicted octanol–water partition coefficient (Wildman–Crippen LogP) is 3.76. The van der Waals surface area contributed by atoms with Crippen LogP contribution in [-0.4, -0.2) is 74.3 Å². The van der Waals surface area contributed by atoms with E-state index in [1.54, 1.807) is 30.9 Å². The molecule has 0 saturated carbocycles. The SMILES string of the molecule is CCCCCOCCN(CCOc1ccc(CC(OCC)C(=O)O)cc1)C(=O)OCC. The van der Waals surface area contributed by atoms with Crippen LogP contribution in [-0.2, 0) is 25.4 Å². The van der Waals surface area contributed by atoms with Gasteiger partial charge in [0.05, 0.1) is 19.8 Å². The number of carboxylic acids is 1. The standard InChI is InChI=1S/C23H37NO7/c1-4-7-8-15-28-16-13-24(23(27)30-6-3)14-17-31-20-11-9-19(10-12-20)18-21(22(25)26)29-5-2/h9-12,21H,4-8,13-18H2,1-3H3,(H,25,26). The highest BCUT2D eigenvalue weighted by Gasteiger charge is 2.18. The Hall–Kier alpha value is -2.32. The molecule has 0 aliphatic rings.